The van der Waals surface area contributed by atoms with Crippen LogP contribution in [0.25, 0.3) is 0 Å². The maximum atomic E-state index is 13.0. The van der Waals surface area contributed by atoms with E-state index in [2.05, 4.69) is 0 Å². The molecule has 0 amide bonds. The minimum absolute atomic E-state index is 0.117. The van der Waals surface area contributed by atoms with E-state index >= 15 is 0 Å². The fourth-order valence-electron chi connectivity index (χ4n) is 2.17. The first-order valence-corrected chi connectivity index (χ1v) is 6.62. The second-order valence-electron chi connectivity index (χ2n) is 5.31. The van der Waals surface area contributed by atoms with Gasteiger partial charge in [-0.3, -0.25) is 10.4 Å². The molecule has 1 atom stereocenters. The predicted molar refractivity (Wildman–Crippen MR) is 66.0 cm³/mol. The Kier molecular flexibility index (Phi) is 4.77. The fraction of sp³-hybridized carbons (Fsp3) is 0.385. The van der Waals surface area contributed by atoms with E-state index in [-0.39, 0.29) is 24.3 Å². The molecule has 27 heavy (non-hydrogen) atoms. The molecule has 1 aromatic rings. The molecule has 1 aliphatic heterocycles. The van der Waals surface area contributed by atoms with Gasteiger partial charge in [-0.25, -0.2) is 0 Å². The van der Waals surface area contributed by atoms with Gasteiger partial charge in [-0.15, -0.1) is 0 Å². The van der Waals surface area contributed by atoms with E-state index in [1.807, 2.05) is 0 Å². The Labute approximate surface area is 142 Å². The minimum atomic E-state index is -5.42. The quantitative estimate of drug-likeness (QED) is 0.613. The topological polar surface area (TPSA) is 15.3 Å². The first-order chi connectivity index (χ1) is 11.9. The molecule has 0 saturated carbocycles. The number of nitrogens with zero attached hydrogens (tertiary/aromatic N) is 1. The molecule has 0 spiro atoms. The number of nitrogens with one attached hydrogen (secondary N) is 1. The minimum Gasteiger partial charge on any atom is -0.293 e. The largest absolute Gasteiger partial charge is 0.432 e. The van der Waals surface area contributed by atoms with Crippen LogP contribution >= 0.6 is 0 Å². The van der Waals surface area contributed by atoms with Crippen LogP contribution in [0.15, 0.2) is 30.0 Å². The van der Waals surface area contributed by atoms with Gasteiger partial charge >= 0.3 is 24.7 Å². The molecule has 2 nitrogen and oxygen atoms in total. The molecule has 1 heterocycles. The number of allylic oxidation sites excluding steroid dienone is 1. The normalized spacial score (nSPS) is 19.2. The number of hydrazine groups is 1. The third kappa shape index (κ3) is 4.53. The van der Waals surface area contributed by atoms with Crippen molar-refractivity contribution in [3.8, 4) is 0 Å². The van der Waals surface area contributed by atoms with E-state index < -0.39 is 58.3 Å². The first-order valence-electron chi connectivity index (χ1n) is 6.62. The summed E-state index contributed by atoms with van der Waals surface area (Å²) in [5.74, 6) is 0. The number of rotatable bonds is 1. The Morgan fingerprint density at radius 2 is 1.11 bits per heavy atom. The van der Waals surface area contributed by atoms with E-state index in [0.29, 0.717) is 0 Å². The lowest BCUT2D eigenvalue weighted by Crippen LogP contribution is -2.47. The van der Waals surface area contributed by atoms with Crippen molar-refractivity contribution in [1.29, 1.82) is 0 Å². The third-order valence-corrected chi connectivity index (χ3v) is 3.33. The van der Waals surface area contributed by atoms with E-state index in [0.717, 1.165) is 0 Å². The van der Waals surface area contributed by atoms with Gasteiger partial charge in [0.15, 0.2) is 6.04 Å². The highest BCUT2D eigenvalue weighted by Crippen LogP contribution is 2.42. The zero-order chi connectivity index (χ0) is 21.0. The van der Waals surface area contributed by atoms with Gasteiger partial charge in [0.25, 0.3) is 0 Å². The number of benzene rings is 1. The van der Waals surface area contributed by atoms with Gasteiger partial charge in [-0.2, -0.15) is 52.7 Å². The summed E-state index contributed by atoms with van der Waals surface area (Å²) in [6, 6.07) is -3.73. The molecule has 14 heteroatoms. The molecule has 0 bridgehead atoms. The van der Waals surface area contributed by atoms with Crippen LogP contribution in [0.4, 0.5) is 58.4 Å². The van der Waals surface area contributed by atoms with Crippen LogP contribution in [0.5, 0.6) is 0 Å². The van der Waals surface area contributed by atoms with Crippen molar-refractivity contribution in [2.24, 2.45) is 0 Å². The van der Waals surface area contributed by atoms with Crippen LogP contribution in [0.1, 0.15) is 11.1 Å². The van der Waals surface area contributed by atoms with Gasteiger partial charge in [0.05, 0.1) is 16.8 Å². The van der Waals surface area contributed by atoms with Crippen LogP contribution in [-0.4, -0.2) is 18.4 Å². The maximum absolute atomic E-state index is 13.0. The second-order valence-corrected chi connectivity index (χ2v) is 5.31. The molecule has 0 fully saturated rings. The van der Waals surface area contributed by atoms with Crippen molar-refractivity contribution in [3.63, 3.8) is 0 Å². The van der Waals surface area contributed by atoms with Crippen LogP contribution < -0.4 is 10.4 Å². The highest BCUT2D eigenvalue weighted by atomic mass is 19.4. The summed E-state index contributed by atoms with van der Waals surface area (Å²) < 4.78 is 154. The Hall–Kier alpha value is -2.28. The zero-order valence-electron chi connectivity index (χ0n) is 12.4. The monoisotopic (exact) mass is 418 g/mol. The van der Waals surface area contributed by atoms with Crippen LogP contribution in [0.3, 0.4) is 0 Å². The number of hydrogen-bond donors (Lipinski definition) is 1. The van der Waals surface area contributed by atoms with Crippen LogP contribution in [0, 0.1) is 0 Å². The molecule has 152 valence electrons. The Balaban J connectivity index is 2.62. The standard InChI is InChI=1S/C13H6F12N2/c14-10(15,16)5-1-6(11(17,18)19)3-7(2-5)27-9(13(23,24)25)4-8(26-27)12(20,21)22/h1-4,9,26H. The van der Waals surface area contributed by atoms with E-state index in [4.69, 9.17) is 0 Å². The summed E-state index contributed by atoms with van der Waals surface area (Å²) in [6.45, 7) is 0. The molecule has 0 aliphatic carbocycles. The van der Waals surface area contributed by atoms with E-state index in [1.54, 1.807) is 0 Å². The van der Waals surface area contributed by atoms with Gasteiger partial charge in [-0.05, 0) is 24.3 Å². The Morgan fingerprint density at radius 3 is 1.44 bits per heavy atom. The highest BCUT2D eigenvalue weighted by Gasteiger charge is 2.51. The third-order valence-electron chi connectivity index (χ3n) is 3.33. The molecular weight excluding hydrogens is 412 g/mol. The molecular formula is C13H6F12N2. The zero-order valence-corrected chi connectivity index (χ0v) is 12.4. The molecule has 1 N–H and O–H groups in total. The highest BCUT2D eigenvalue weighted by molar-refractivity contribution is 5.56. The SMILES string of the molecule is FC(F)(F)C1=CC(C(F)(F)F)N(c2cc(C(F)(F)F)cc(C(F)(F)F)c2)N1. The fourth-order valence-corrected chi connectivity index (χ4v) is 2.17. The van der Waals surface area contributed by atoms with E-state index in [9.17, 15) is 52.7 Å². The summed E-state index contributed by atoms with van der Waals surface area (Å²) in [7, 11) is 0. The Morgan fingerprint density at radius 1 is 0.667 bits per heavy atom. The van der Waals surface area contributed by atoms with Crippen LogP contribution in [0.2, 0.25) is 0 Å². The predicted octanol–water partition coefficient (Wildman–Crippen LogP) is 5.43. The smallest absolute Gasteiger partial charge is 0.293 e. The number of hydrogen-bond acceptors (Lipinski definition) is 2. The lowest BCUT2D eigenvalue weighted by molar-refractivity contribution is -0.143. The van der Waals surface area contributed by atoms with Gasteiger partial charge in [0.1, 0.15) is 5.70 Å². The van der Waals surface area contributed by atoms with Gasteiger partial charge in [-0.1, -0.05) is 0 Å². The van der Waals surface area contributed by atoms with Gasteiger partial charge in [0.2, 0.25) is 0 Å². The molecule has 1 unspecified atom stereocenters. The number of alkyl halides is 12. The average molecular weight is 418 g/mol. The summed E-state index contributed by atoms with van der Waals surface area (Å²) in [5, 5.41) is -0.451. The van der Waals surface area contributed by atoms with Crippen molar-refractivity contribution in [2.45, 2.75) is 30.7 Å². The molecule has 0 radical (unpaired) electrons. The maximum Gasteiger partial charge on any atom is 0.432 e. The molecule has 1 aliphatic rings. The van der Waals surface area contributed by atoms with Crippen LogP contribution in [-0.2, 0) is 12.4 Å². The summed E-state index contributed by atoms with van der Waals surface area (Å²) in [4.78, 5) is 0. The second kappa shape index (κ2) is 6.12. The molecule has 1 aromatic carbocycles. The number of anilines is 1. The Bertz CT molecular complexity index is 705. The van der Waals surface area contributed by atoms with Crippen molar-refractivity contribution in [3.05, 3.63) is 41.1 Å². The van der Waals surface area contributed by atoms with Crippen molar-refractivity contribution >= 4 is 5.69 Å². The average Bonchev–Trinajstić information content (AvgIpc) is 2.90. The molecule has 0 aromatic heterocycles. The van der Waals surface area contributed by atoms with Crippen molar-refractivity contribution in [1.82, 2.24) is 5.43 Å². The number of halogens is 12. The van der Waals surface area contributed by atoms with E-state index in [1.165, 1.54) is 5.43 Å². The summed E-state index contributed by atoms with van der Waals surface area (Å²) >= 11 is 0. The van der Waals surface area contributed by atoms with Crippen molar-refractivity contribution in [2.75, 3.05) is 5.01 Å². The lowest BCUT2D eigenvalue weighted by atomic mass is 10.1. The molecule has 2 rings (SSSR count). The van der Waals surface area contributed by atoms with Gasteiger partial charge < -0.3 is 0 Å². The molecule has 0 saturated heterocycles. The summed E-state index contributed by atoms with van der Waals surface area (Å²) in [5.41, 5.74) is -6.15. The summed E-state index contributed by atoms with van der Waals surface area (Å²) in [6.07, 6.45) is -21.9. The first kappa shape index (κ1) is 21.0. The van der Waals surface area contributed by atoms with Gasteiger partial charge in [0, 0.05) is 0 Å². The van der Waals surface area contributed by atoms with Crippen molar-refractivity contribution < 1.29 is 52.7 Å². The lowest BCUT2D eigenvalue weighted by Gasteiger charge is -2.29.